The molecule has 1 aromatic heterocycles. The van der Waals surface area contributed by atoms with E-state index in [2.05, 4.69) is 52.1 Å². The van der Waals surface area contributed by atoms with E-state index in [0.717, 1.165) is 28.8 Å². The van der Waals surface area contributed by atoms with Crippen LogP contribution in [0.25, 0.3) is 0 Å². The Kier molecular flexibility index (Phi) is 6.23. The second-order valence-corrected chi connectivity index (χ2v) is 9.49. The molecule has 156 valence electrons. The summed E-state index contributed by atoms with van der Waals surface area (Å²) in [6, 6.07) is 18.3. The maximum Gasteiger partial charge on any atom is 0.237 e. The van der Waals surface area contributed by atoms with Crippen LogP contribution in [0.15, 0.2) is 59.8 Å². The summed E-state index contributed by atoms with van der Waals surface area (Å²) in [6.07, 6.45) is 2.33. The molecule has 0 radical (unpaired) electrons. The Balaban J connectivity index is 1.50. The van der Waals surface area contributed by atoms with Gasteiger partial charge in [-0.05, 0) is 42.9 Å². The van der Waals surface area contributed by atoms with Crippen LogP contribution < -0.4 is 5.32 Å². The normalized spacial score (nSPS) is 14.7. The second kappa shape index (κ2) is 9.04. The van der Waals surface area contributed by atoms with Crippen molar-refractivity contribution >= 4 is 23.4 Å². The number of hydrogen-bond acceptors (Lipinski definition) is 4. The van der Waals surface area contributed by atoms with E-state index in [1.165, 1.54) is 30.2 Å². The lowest BCUT2D eigenvalue weighted by Crippen LogP contribution is -2.23. The molecule has 3 aromatic rings. The number of nitrogens with one attached hydrogen (secondary N) is 1. The molecule has 1 aliphatic carbocycles. The van der Waals surface area contributed by atoms with Gasteiger partial charge in [0, 0.05) is 11.6 Å². The molecule has 0 bridgehead atoms. The van der Waals surface area contributed by atoms with Crippen molar-refractivity contribution in [2.24, 2.45) is 0 Å². The fourth-order valence-electron chi connectivity index (χ4n) is 3.51. The molecule has 4 rings (SSSR count). The van der Waals surface area contributed by atoms with Crippen LogP contribution in [0.2, 0.25) is 0 Å². The third-order valence-corrected chi connectivity index (χ3v) is 6.44. The summed E-state index contributed by atoms with van der Waals surface area (Å²) in [7, 11) is 0. The van der Waals surface area contributed by atoms with Crippen LogP contribution in [0, 0.1) is 0 Å². The first-order valence-corrected chi connectivity index (χ1v) is 11.4. The van der Waals surface area contributed by atoms with Crippen molar-refractivity contribution in [3.63, 3.8) is 0 Å². The van der Waals surface area contributed by atoms with Crippen molar-refractivity contribution in [1.29, 1.82) is 0 Å². The molecule has 1 saturated carbocycles. The lowest BCUT2D eigenvalue weighted by molar-refractivity contribution is -0.115. The molecule has 0 unspecified atom stereocenters. The topological polar surface area (TPSA) is 59.8 Å². The van der Waals surface area contributed by atoms with Gasteiger partial charge in [0.25, 0.3) is 0 Å². The lowest BCUT2D eigenvalue weighted by Gasteiger charge is -2.17. The minimum absolute atomic E-state index is 0.0182. The average Bonchev–Trinajstić information content (AvgIpc) is 3.52. The number of rotatable bonds is 8. The van der Waals surface area contributed by atoms with E-state index in [1.54, 1.807) is 0 Å². The Morgan fingerprint density at radius 2 is 1.77 bits per heavy atom. The highest BCUT2D eigenvalue weighted by atomic mass is 32.2. The number of carbonyl (C=O) groups excluding carboxylic acids is 1. The summed E-state index contributed by atoms with van der Waals surface area (Å²) in [4.78, 5) is 12.9. The molecule has 2 aromatic carbocycles. The lowest BCUT2D eigenvalue weighted by atomic mass is 10.0. The highest BCUT2D eigenvalue weighted by Gasteiger charge is 2.31. The van der Waals surface area contributed by atoms with Gasteiger partial charge in [-0.3, -0.25) is 4.79 Å². The van der Waals surface area contributed by atoms with Crippen LogP contribution in [0.3, 0.4) is 0 Å². The van der Waals surface area contributed by atoms with Gasteiger partial charge in [-0.1, -0.05) is 74.1 Å². The number of thioether (sulfide) groups is 1. The van der Waals surface area contributed by atoms with Gasteiger partial charge in [0.2, 0.25) is 5.91 Å². The van der Waals surface area contributed by atoms with Gasteiger partial charge < -0.3 is 9.88 Å². The fourth-order valence-corrected chi connectivity index (χ4v) is 4.36. The molecule has 1 heterocycles. The first-order chi connectivity index (χ1) is 14.5. The van der Waals surface area contributed by atoms with Crippen molar-refractivity contribution < 1.29 is 4.79 Å². The average molecular weight is 421 g/mol. The zero-order valence-corrected chi connectivity index (χ0v) is 18.5. The number of anilines is 1. The van der Waals surface area contributed by atoms with Crippen LogP contribution in [0.1, 0.15) is 62.4 Å². The first kappa shape index (κ1) is 20.7. The molecule has 0 aliphatic heterocycles. The van der Waals surface area contributed by atoms with Crippen molar-refractivity contribution in [2.45, 2.75) is 62.4 Å². The van der Waals surface area contributed by atoms with Crippen LogP contribution in [-0.4, -0.2) is 25.9 Å². The number of amides is 1. The predicted octanol–water partition coefficient (Wildman–Crippen LogP) is 5.45. The van der Waals surface area contributed by atoms with E-state index < -0.39 is 0 Å². The second-order valence-electron chi connectivity index (χ2n) is 8.18. The highest BCUT2D eigenvalue weighted by molar-refractivity contribution is 8.00. The van der Waals surface area contributed by atoms with Crippen LogP contribution in [-0.2, 0) is 11.3 Å². The van der Waals surface area contributed by atoms with Crippen molar-refractivity contribution in [3.05, 3.63) is 71.5 Å². The smallest absolute Gasteiger partial charge is 0.237 e. The highest BCUT2D eigenvalue weighted by Crippen LogP contribution is 2.40. The number of hydrogen-bond donors (Lipinski definition) is 1. The van der Waals surface area contributed by atoms with E-state index in [-0.39, 0.29) is 11.2 Å². The molecular formula is C24H28N4OS. The summed E-state index contributed by atoms with van der Waals surface area (Å²) >= 11 is 1.47. The van der Waals surface area contributed by atoms with E-state index >= 15 is 0 Å². The zero-order chi connectivity index (χ0) is 21.1. The fraction of sp³-hybridized carbons (Fsp3) is 0.375. The summed E-state index contributed by atoms with van der Waals surface area (Å²) in [5, 5.41) is 12.5. The zero-order valence-electron chi connectivity index (χ0n) is 17.7. The third kappa shape index (κ3) is 4.75. The Morgan fingerprint density at radius 3 is 2.47 bits per heavy atom. The van der Waals surface area contributed by atoms with Gasteiger partial charge in [0.05, 0.1) is 11.8 Å². The Hall–Kier alpha value is -2.60. The largest absolute Gasteiger partial charge is 0.325 e. The summed E-state index contributed by atoms with van der Waals surface area (Å²) < 4.78 is 2.18. The van der Waals surface area contributed by atoms with E-state index in [0.29, 0.717) is 11.8 Å². The Morgan fingerprint density at radius 1 is 1.07 bits per heavy atom. The summed E-state index contributed by atoms with van der Waals surface area (Å²) in [5.41, 5.74) is 3.24. The standard InChI is InChI=1S/C24H28N4OS/c1-16(2)20-11-7-8-12-21(20)25-23(29)17(3)30-24-27-26-22(19-13-14-19)28(24)15-18-9-5-4-6-10-18/h4-12,16-17,19H,13-15H2,1-3H3,(H,25,29)/t17-/m1/s1. The minimum atomic E-state index is -0.281. The molecule has 1 amide bonds. The van der Waals surface area contributed by atoms with Crippen molar-refractivity contribution in [1.82, 2.24) is 14.8 Å². The summed E-state index contributed by atoms with van der Waals surface area (Å²) in [5.74, 6) is 1.87. The van der Waals surface area contributed by atoms with E-state index in [1.807, 2.05) is 43.3 Å². The number of carbonyl (C=O) groups is 1. The molecule has 30 heavy (non-hydrogen) atoms. The number of aromatic nitrogens is 3. The Labute approximate surface area is 182 Å². The van der Waals surface area contributed by atoms with E-state index in [4.69, 9.17) is 0 Å². The summed E-state index contributed by atoms with van der Waals surface area (Å²) in [6.45, 7) is 6.92. The van der Waals surface area contributed by atoms with Gasteiger partial charge in [0.15, 0.2) is 5.16 Å². The molecule has 1 fully saturated rings. The maximum atomic E-state index is 12.9. The molecule has 0 spiro atoms. The van der Waals surface area contributed by atoms with Crippen molar-refractivity contribution in [3.8, 4) is 0 Å². The van der Waals surface area contributed by atoms with Gasteiger partial charge >= 0.3 is 0 Å². The number of nitrogens with zero attached hydrogens (tertiary/aromatic N) is 3. The molecule has 1 aliphatic rings. The van der Waals surface area contributed by atoms with Crippen molar-refractivity contribution in [2.75, 3.05) is 5.32 Å². The van der Waals surface area contributed by atoms with Gasteiger partial charge in [-0.15, -0.1) is 10.2 Å². The molecule has 1 atom stereocenters. The van der Waals surface area contributed by atoms with Crippen LogP contribution >= 0.6 is 11.8 Å². The molecule has 0 saturated heterocycles. The minimum Gasteiger partial charge on any atom is -0.325 e. The van der Waals surface area contributed by atoms with Crippen LogP contribution in [0.4, 0.5) is 5.69 Å². The van der Waals surface area contributed by atoms with Gasteiger partial charge in [0.1, 0.15) is 5.82 Å². The quantitative estimate of drug-likeness (QED) is 0.493. The predicted molar refractivity (Wildman–Crippen MR) is 122 cm³/mol. The maximum absolute atomic E-state index is 12.9. The van der Waals surface area contributed by atoms with Gasteiger partial charge in [-0.25, -0.2) is 0 Å². The van der Waals surface area contributed by atoms with Crippen LogP contribution in [0.5, 0.6) is 0 Å². The van der Waals surface area contributed by atoms with Gasteiger partial charge in [-0.2, -0.15) is 0 Å². The third-order valence-electron chi connectivity index (χ3n) is 5.36. The van der Waals surface area contributed by atoms with E-state index in [9.17, 15) is 4.79 Å². The number of para-hydroxylation sites is 1. The molecule has 1 N–H and O–H groups in total. The SMILES string of the molecule is CC(C)c1ccccc1NC(=O)[C@@H](C)Sc1nnc(C2CC2)n1Cc1ccccc1. The monoisotopic (exact) mass is 420 g/mol. The molecule has 6 heteroatoms. The molecular weight excluding hydrogens is 392 g/mol. The number of benzene rings is 2. The Bertz CT molecular complexity index is 1010. The first-order valence-electron chi connectivity index (χ1n) is 10.6. The molecule has 5 nitrogen and oxygen atoms in total.